The Kier molecular flexibility index (Phi) is 10.8. The van der Waals surface area contributed by atoms with Crippen molar-refractivity contribution in [2.45, 2.75) is 52.0 Å². The van der Waals surface area contributed by atoms with Crippen LogP contribution in [0.2, 0.25) is 0 Å². The number of hydrogen-bond donors (Lipinski definition) is 4. The molecule has 0 radical (unpaired) electrons. The lowest BCUT2D eigenvalue weighted by Gasteiger charge is -2.12. The number of anilines is 4. The Morgan fingerprint density at radius 3 is 2.17 bits per heavy atom. The quantitative estimate of drug-likeness (QED) is 0.0701. The fraction of sp³-hybridized carbons (Fsp3) is 0.444. The largest absolute Gasteiger partial charge is 0.497 e. The SMILES string of the molecule is CCCCNc1nc(NCCCCCCNc2ccc([N+](=O)[O-])c3nonc23)nc(NCc2cccc(OC)c2)n1. The van der Waals surface area contributed by atoms with Crippen molar-refractivity contribution in [1.82, 2.24) is 25.3 Å². The van der Waals surface area contributed by atoms with Crippen molar-refractivity contribution in [2.24, 2.45) is 0 Å². The van der Waals surface area contributed by atoms with Crippen LogP contribution in [0.15, 0.2) is 41.0 Å². The zero-order valence-electron chi connectivity index (χ0n) is 23.4. The third kappa shape index (κ3) is 8.62. The van der Waals surface area contributed by atoms with Gasteiger partial charge in [-0.3, -0.25) is 10.1 Å². The molecule has 0 saturated heterocycles. The van der Waals surface area contributed by atoms with Crippen molar-refractivity contribution in [3.8, 4) is 5.75 Å². The Bertz CT molecular complexity index is 1410. The van der Waals surface area contributed by atoms with E-state index >= 15 is 0 Å². The minimum absolute atomic E-state index is 0.124. The van der Waals surface area contributed by atoms with E-state index in [2.05, 4.69) is 53.5 Å². The van der Waals surface area contributed by atoms with E-state index < -0.39 is 4.92 Å². The van der Waals surface area contributed by atoms with Crippen LogP contribution in [0.25, 0.3) is 11.0 Å². The summed E-state index contributed by atoms with van der Waals surface area (Å²) >= 11 is 0. The lowest BCUT2D eigenvalue weighted by atomic mass is 10.2. The number of benzene rings is 2. The normalized spacial score (nSPS) is 10.9. The molecule has 4 aromatic rings. The van der Waals surface area contributed by atoms with Crippen molar-refractivity contribution >= 4 is 40.3 Å². The number of nitro benzene ring substituents is 1. The van der Waals surface area contributed by atoms with Gasteiger partial charge in [0, 0.05) is 32.2 Å². The second-order valence-electron chi connectivity index (χ2n) is 9.41. The second kappa shape index (κ2) is 15.1. The third-order valence-corrected chi connectivity index (χ3v) is 6.33. The maximum Gasteiger partial charge on any atom is 0.300 e. The third-order valence-electron chi connectivity index (χ3n) is 6.33. The molecule has 4 N–H and O–H groups in total. The van der Waals surface area contributed by atoms with Gasteiger partial charge in [0.2, 0.25) is 23.4 Å². The molecule has 14 heteroatoms. The minimum atomic E-state index is -0.495. The lowest BCUT2D eigenvalue weighted by Crippen LogP contribution is -2.13. The molecule has 41 heavy (non-hydrogen) atoms. The van der Waals surface area contributed by atoms with Gasteiger partial charge >= 0.3 is 5.69 Å². The first-order valence-electron chi connectivity index (χ1n) is 13.8. The molecule has 4 rings (SSSR count). The molecular weight excluding hydrogens is 528 g/mol. The summed E-state index contributed by atoms with van der Waals surface area (Å²) in [5, 5.41) is 31.8. The monoisotopic (exact) mass is 564 g/mol. The van der Waals surface area contributed by atoms with Crippen LogP contribution in [-0.2, 0) is 6.54 Å². The van der Waals surface area contributed by atoms with Gasteiger partial charge in [-0.25, -0.2) is 4.63 Å². The summed E-state index contributed by atoms with van der Waals surface area (Å²) in [6.45, 7) is 4.93. The van der Waals surface area contributed by atoms with Gasteiger partial charge in [0.25, 0.3) is 0 Å². The smallest absolute Gasteiger partial charge is 0.300 e. The van der Waals surface area contributed by atoms with E-state index in [0.29, 0.717) is 42.1 Å². The molecule has 14 nitrogen and oxygen atoms in total. The Morgan fingerprint density at radius 1 is 0.829 bits per heavy atom. The van der Waals surface area contributed by atoms with Crippen LogP contribution < -0.4 is 26.0 Å². The zero-order valence-corrected chi connectivity index (χ0v) is 23.4. The van der Waals surface area contributed by atoms with Crippen molar-refractivity contribution in [1.29, 1.82) is 0 Å². The van der Waals surface area contributed by atoms with Crippen molar-refractivity contribution in [3.63, 3.8) is 0 Å². The highest BCUT2D eigenvalue weighted by Gasteiger charge is 2.19. The predicted octanol–water partition coefficient (Wildman–Crippen LogP) is 5.23. The van der Waals surface area contributed by atoms with Crippen LogP contribution in [0.1, 0.15) is 51.0 Å². The summed E-state index contributed by atoms with van der Waals surface area (Å²) in [4.78, 5) is 24.3. The van der Waals surface area contributed by atoms with E-state index in [-0.39, 0.29) is 11.2 Å². The van der Waals surface area contributed by atoms with Crippen LogP contribution >= 0.6 is 0 Å². The van der Waals surface area contributed by atoms with Crippen molar-refractivity contribution < 1.29 is 14.3 Å². The Hall–Kier alpha value is -4.75. The molecule has 0 aliphatic heterocycles. The fourth-order valence-corrected chi connectivity index (χ4v) is 4.12. The maximum absolute atomic E-state index is 11.1. The number of nitro groups is 1. The number of aromatic nitrogens is 5. The molecule has 218 valence electrons. The van der Waals surface area contributed by atoms with E-state index in [9.17, 15) is 10.1 Å². The van der Waals surface area contributed by atoms with Crippen LogP contribution in [-0.4, -0.2) is 56.9 Å². The highest BCUT2D eigenvalue weighted by molar-refractivity contribution is 5.93. The number of hydrogen-bond acceptors (Lipinski definition) is 13. The number of methoxy groups -OCH3 is 1. The van der Waals surface area contributed by atoms with Gasteiger partial charge in [-0.05, 0) is 53.3 Å². The molecule has 0 atom stereocenters. The molecule has 2 aromatic heterocycles. The summed E-state index contributed by atoms with van der Waals surface area (Å²) in [6, 6.07) is 10.9. The van der Waals surface area contributed by atoms with E-state index in [0.717, 1.165) is 62.9 Å². The Morgan fingerprint density at radius 2 is 1.49 bits per heavy atom. The number of ether oxygens (including phenoxy) is 1. The van der Waals surface area contributed by atoms with Crippen LogP contribution in [0.4, 0.5) is 29.2 Å². The number of rotatable bonds is 18. The fourth-order valence-electron chi connectivity index (χ4n) is 4.12. The van der Waals surface area contributed by atoms with E-state index in [1.54, 1.807) is 13.2 Å². The minimum Gasteiger partial charge on any atom is -0.497 e. The molecule has 0 amide bonds. The predicted molar refractivity (Wildman–Crippen MR) is 157 cm³/mol. The first-order chi connectivity index (χ1) is 20.1. The maximum atomic E-state index is 11.1. The Balaban J connectivity index is 1.21. The Labute approximate surface area is 237 Å². The van der Waals surface area contributed by atoms with Gasteiger partial charge in [-0.2, -0.15) is 15.0 Å². The average molecular weight is 565 g/mol. The summed E-state index contributed by atoms with van der Waals surface area (Å²) in [6.07, 6.45) is 6.01. The first kappa shape index (κ1) is 29.2. The molecular formula is C27H36N10O4. The van der Waals surface area contributed by atoms with Gasteiger partial charge in [-0.15, -0.1) is 0 Å². The highest BCUT2D eigenvalue weighted by Crippen LogP contribution is 2.28. The topological polar surface area (TPSA) is 178 Å². The molecule has 0 fully saturated rings. The first-order valence-corrected chi connectivity index (χ1v) is 13.8. The van der Waals surface area contributed by atoms with Crippen molar-refractivity contribution in [3.05, 3.63) is 52.1 Å². The number of nitrogens with zero attached hydrogens (tertiary/aromatic N) is 6. The number of fused-ring (bicyclic) bond motifs is 1. The molecule has 0 bridgehead atoms. The number of non-ortho nitro benzene ring substituents is 1. The van der Waals surface area contributed by atoms with Gasteiger partial charge in [-0.1, -0.05) is 38.3 Å². The van der Waals surface area contributed by atoms with Gasteiger partial charge in [0.1, 0.15) is 5.75 Å². The molecule has 0 saturated carbocycles. The second-order valence-corrected chi connectivity index (χ2v) is 9.41. The van der Waals surface area contributed by atoms with Crippen LogP contribution in [0, 0.1) is 10.1 Å². The van der Waals surface area contributed by atoms with Gasteiger partial charge in [0.05, 0.1) is 17.7 Å². The van der Waals surface area contributed by atoms with Gasteiger partial charge < -0.3 is 26.0 Å². The van der Waals surface area contributed by atoms with E-state index in [4.69, 9.17) is 9.37 Å². The van der Waals surface area contributed by atoms with Crippen LogP contribution in [0.5, 0.6) is 5.75 Å². The zero-order chi connectivity index (χ0) is 28.9. The molecule has 0 aliphatic carbocycles. The summed E-state index contributed by atoms with van der Waals surface area (Å²) in [5.41, 5.74) is 2.11. The molecule has 2 heterocycles. The van der Waals surface area contributed by atoms with E-state index in [1.807, 2.05) is 24.3 Å². The van der Waals surface area contributed by atoms with Gasteiger partial charge in [0.15, 0.2) is 5.52 Å². The van der Waals surface area contributed by atoms with E-state index in [1.165, 1.54) is 6.07 Å². The molecule has 2 aromatic carbocycles. The summed E-state index contributed by atoms with van der Waals surface area (Å²) in [7, 11) is 1.65. The van der Waals surface area contributed by atoms with Crippen LogP contribution in [0.3, 0.4) is 0 Å². The summed E-state index contributed by atoms with van der Waals surface area (Å²) in [5.74, 6) is 2.36. The van der Waals surface area contributed by atoms with Crippen molar-refractivity contribution in [2.75, 3.05) is 48.0 Å². The summed E-state index contributed by atoms with van der Waals surface area (Å²) < 4.78 is 10.0. The number of unbranched alkanes of at least 4 members (excludes halogenated alkanes) is 4. The highest BCUT2D eigenvalue weighted by atomic mass is 16.6. The molecule has 0 aliphatic rings. The average Bonchev–Trinajstić information content (AvgIpc) is 3.48. The molecule has 0 unspecified atom stereocenters. The lowest BCUT2D eigenvalue weighted by molar-refractivity contribution is -0.383. The number of nitrogens with one attached hydrogen (secondary N) is 4. The standard InChI is InChI=1S/C27H36N10O4/c1-3-4-14-29-25-32-26(34-27(33-25)31-18-19-10-9-11-20(17-19)40-2)30-16-8-6-5-7-15-28-21-12-13-22(37(38)39)24-23(21)35-41-36-24/h9-13,17,28H,3-8,14-16,18H2,1-2H3,(H3,29,30,31,32,33,34). The molecule has 0 spiro atoms.